The van der Waals surface area contributed by atoms with E-state index in [1.54, 1.807) is 25.4 Å². The molecule has 0 spiro atoms. The van der Waals surface area contributed by atoms with Gasteiger partial charge in [-0.2, -0.15) is 0 Å². The number of rotatable bonds is 4. The van der Waals surface area contributed by atoms with Crippen molar-refractivity contribution in [3.05, 3.63) is 23.9 Å². The fourth-order valence-electron chi connectivity index (χ4n) is 2.24. The zero-order valence-electron chi connectivity index (χ0n) is 10.9. The van der Waals surface area contributed by atoms with Crippen molar-refractivity contribution >= 4 is 11.7 Å². The van der Waals surface area contributed by atoms with Gasteiger partial charge in [0.1, 0.15) is 5.82 Å². The molecular weight excluding hydrogens is 228 g/mol. The second-order valence-electron chi connectivity index (χ2n) is 4.81. The van der Waals surface area contributed by atoms with E-state index in [0.717, 1.165) is 26.1 Å². The third kappa shape index (κ3) is 3.20. The topological polar surface area (TPSA) is 57.3 Å². The number of carbonyl (C=O) groups excluding carboxylic acids is 1. The highest BCUT2D eigenvalue weighted by Crippen LogP contribution is 2.13. The van der Waals surface area contributed by atoms with Gasteiger partial charge in [-0.05, 0) is 38.1 Å². The molecule has 1 fully saturated rings. The Balaban J connectivity index is 1.87. The summed E-state index contributed by atoms with van der Waals surface area (Å²) in [7, 11) is 3.91. The lowest BCUT2D eigenvalue weighted by molar-refractivity contribution is 0.0947. The highest BCUT2D eigenvalue weighted by atomic mass is 16.1. The average molecular weight is 248 g/mol. The van der Waals surface area contributed by atoms with Crippen LogP contribution >= 0.6 is 0 Å². The van der Waals surface area contributed by atoms with Crippen molar-refractivity contribution in [2.75, 3.05) is 39.0 Å². The Bertz CT molecular complexity index is 421. The number of nitrogens with zero attached hydrogens (tertiary/aromatic N) is 2. The molecule has 0 bridgehead atoms. The first kappa shape index (κ1) is 12.8. The van der Waals surface area contributed by atoms with Gasteiger partial charge in [-0.15, -0.1) is 0 Å². The molecule has 1 atom stereocenters. The quantitative estimate of drug-likeness (QED) is 0.827. The van der Waals surface area contributed by atoms with Crippen LogP contribution in [0.1, 0.15) is 16.8 Å². The summed E-state index contributed by atoms with van der Waals surface area (Å²) in [6.07, 6.45) is 2.80. The molecule has 5 heteroatoms. The number of hydrogen-bond donors (Lipinski definition) is 2. The Labute approximate surface area is 108 Å². The Kier molecular flexibility index (Phi) is 4.15. The van der Waals surface area contributed by atoms with Crippen molar-refractivity contribution in [2.45, 2.75) is 6.42 Å². The molecule has 1 saturated heterocycles. The van der Waals surface area contributed by atoms with Crippen LogP contribution in [0, 0.1) is 5.92 Å². The average Bonchev–Trinajstić information content (AvgIpc) is 2.82. The van der Waals surface area contributed by atoms with Gasteiger partial charge in [0.15, 0.2) is 0 Å². The van der Waals surface area contributed by atoms with Gasteiger partial charge >= 0.3 is 0 Å². The zero-order valence-corrected chi connectivity index (χ0v) is 10.9. The third-order valence-corrected chi connectivity index (χ3v) is 3.32. The van der Waals surface area contributed by atoms with Gasteiger partial charge in [-0.1, -0.05) is 0 Å². The van der Waals surface area contributed by atoms with Gasteiger partial charge in [0.2, 0.25) is 0 Å². The minimum absolute atomic E-state index is 0.0246. The van der Waals surface area contributed by atoms with E-state index in [1.165, 1.54) is 0 Å². The molecule has 2 rings (SSSR count). The summed E-state index contributed by atoms with van der Waals surface area (Å²) in [4.78, 5) is 18.4. The monoisotopic (exact) mass is 248 g/mol. The molecule has 1 aliphatic heterocycles. The molecule has 2 N–H and O–H groups in total. The van der Waals surface area contributed by atoms with E-state index in [1.807, 2.05) is 0 Å². The number of carbonyl (C=O) groups is 1. The van der Waals surface area contributed by atoms with E-state index < -0.39 is 0 Å². The first-order valence-electron chi connectivity index (χ1n) is 6.29. The molecular formula is C13H20N4O. The van der Waals surface area contributed by atoms with Crippen molar-refractivity contribution in [1.29, 1.82) is 0 Å². The summed E-state index contributed by atoms with van der Waals surface area (Å²) in [6, 6.07) is 3.49. The largest absolute Gasteiger partial charge is 0.373 e. The van der Waals surface area contributed by atoms with Crippen LogP contribution in [-0.2, 0) is 0 Å². The molecule has 1 amide bonds. The van der Waals surface area contributed by atoms with Gasteiger partial charge in [-0.25, -0.2) is 4.98 Å². The maximum atomic E-state index is 12.0. The number of amides is 1. The van der Waals surface area contributed by atoms with E-state index in [4.69, 9.17) is 0 Å². The number of pyridine rings is 1. The molecule has 98 valence electrons. The fourth-order valence-corrected chi connectivity index (χ4v) is 2.24. The van der Waals surface area contributed by atoms with Gasteiger partial charge in [0, 0.05) is 31.9 Å². The van der Waals surface area contributed by atoms with Crippen LogP contribution in [0.5, 0.6) is 0 Å². The number of hydrogen-bond acceptors (Lipinski definition) is 4. The van der Waals surface area contributed by atoms with Gasteiger partial charge in [-0.3, -0.25) is 4.79 Å². The van der Waals surface area contributed by atoms with E-state index >= 15 is 0 Å². The zero-order chi connectivity index (χ0) is 13.0. The van der Waals surface area contributed by atoms with Crippen LogP contribution in [-0.4, -0.2) is 49.5 Å². The minimum atomic E-state index is -0.0246. The predicted molar refractivity (Wildman–Crippen MR) is 71.7 cm³/mol. The molecule has 0 radical (unpaired) electrons. The Hall–Kier alpha value is -1.62. The Morgan fingerprint density at radius 3 is 3.11 bits per heavy atom. The lowest BCUT2D eigenvalue weighted by Crippen LogP contribution is -2.30. The summed E-state index contributed by atoms with van der Waals surface area (Å²) >= 11 is 0. The lowest BCUT2D eigenvalue weighted by atomic mass is 10.1. The molecule has 5 nitrogen and oxygen atoms in total. The number of aromatic nitrogens is 1. The Morgan fingerprint density at radius 2 is 2.44 bits per heavy atom. The van der Waals surface area contributed by atoms with Crippen LogP contribution in [0.4, 0.5) is 5.82 Å². The smallest absolute Gasteiger partial charge is 0.251 e. The van der Waals surface area contributed by atoms with Crippen LogP contribution in [0.15, 0.2) is 18.3 Å². The first-order chi connectivity index (χ1) is 8.69. The van der Waals surface area contributed by atoms with Gasteiger partial charge in [0.05, 0.1) is 0 Å². The van der Waals surface area contributed by atoms with Crippen LogP contribution in [0.3, 0.4) is 0 Å². The summed E-state index contributed by atoms with van der Waals surface area (Å²) in [6.45, 7) is 2.94. The van der Waals surface area contributed by atoms with Crippen molar-refractivity contribution < 1.29 is 4.79 Å². The van der Waals surface area contributed by atoms with E-state index in [0.29, 0.717) is 17.3 Å². The Morgan fingerprint density at radius 1 is 1.61 bits per heavy atom. The van der Waals surface area contributed by atoms with Crippen LogP contribution < -0.4 is 10.6 Å². The lowest BCUT2D eigenvalue weighted by Gasteiger charge is -2.12. The summed E-state index contributed by atoms with van der Waals surface area (Å²) in [5, 5.41) is 5.92. The number of likely N-dealkylation sites (tertiary alicyclic amines) is 1. The van der Waals surface area contributed by atoms with Crippen molar-refractivity contribution in [2.24, 2.45) is 5.92 Å². The van der Waals surface area contributed by atoms with E-state index in [2.05, 4.69) is 27.6 Å². The fraction of sp³-hybridized carbons (Fsp3) is 0.538. The molecule has 18 heavy (non-hydrogen) atoms. The molecule has 0 aliphatic carbocycles. The summed E-state index contributed by atoms with van der Waals surface area (Å²) < 4.78 is 0. The molecule has 1 aliphatic rings. The van der Waals surface area contributed by atoms with E-state index in [-0.39, 0.29) is 5.91 Å². The van der Waals surface area contributed by atoms with Crippen molar-refractivity contribution in [1.82, 2.24) is 15.2 Å². The normalized spacial score (nSPS) is 19.8. The predicted octanol–water partition coefficient (Wildman–Crippen LogP) is 0.805. The number of nitrogens with one attached hydrogen (secondary N) is 2. The number of anilines is 1. The molecule has 0 aromatic carbocycles. The minimum Gasteiger partial charge on any atom is -0.373 e. The maximum absolute atomic E-state index is 12.0. The highest BCUT2D eigenvalue weighted by molar-refractivity contribution is 5.94. The molecule has 1 aromatic heterocycles. The van der Waals surface area contributed by atoms with Crippen molar-refractivity contribution in [3.63, 3.8) is 0 Å². The summed E-state index contributed by atoms with van der Waals surface area (Å²) in [5.74, 6) is 1.26. The highest BCUT2D eigenvalue weighted by Gasteiger charge is 2.20. The first-order valence-corrected chi connectivity index (χ1v) is 6.29. The van der Waals surface area contributed by atoms with Gasteiger partial charge in [0.25, 0.3) is 5.91 Å². The molecule has 0 saturated carbocycles. The van der Waals surface area contributed by atoms with Crippen LogP contribution in [0.25, 0.3) is 0 Å². The van der Waals surface area contributed by atoms with Gasteiger partial charge < -0.3 is 15.5 Å². The summed E-state index contributed by atoms with van der Waals surface area (Å²) in [5.41, 5.74) is 0.653. The third-order valence-electron chi connectivity index (χ3n) is 3.32. The van der Waals surface area contributed by atoms with Crippen molar-refractivity contribution in [3.8, 4) is 0 Å². The SMILES string of the molecule is CNc1cc(C(=O)NCC2CCN(C)C2)ccn1. The second kappa shape index (κ2) is 5.82. The van der Waals surface area contributed by atoms with E-state index in [9.17, 15) is 4.79 Å². The molecule has 2 heterocycles. The van der Waals surface area contributed by atoms with Crippen LogP contribution in [0.2, 0.25) is 0 Å². The second-order valence-corrected chi connectivity index (χ2v) is 4.81. The maximum Gasteiger partial charge on any atom is 0.251 e. The molecule has 1 aromatic rings. The standard InChI is InChI=1S/C13H20N4O/c1-14-12-7-11(3-5-15-12)13(18)16-8-10-4-6-17(2)9-10/h3,5,7,10H,4,6,8-9H2,1-2H3,(H,14,15)(H,16,18). The molecule has 1 unspecified atom stereocenters.